The van der Waals surface area contributed by atoms with E-state index in [0.717, 1.165) is 12.8 Å². The quantitative estimate of drug-likeness (QED) is 0.659. The van der Waals surface area contributed by atoms with Crippen LogP contribution in [0.5, 0.6) is 0 Å². The van der Waals surface area contributed by atoms with Crippen molar-refractivity contribution >= 4 is 10.8 Å². The zero-order valence-electron chi connectivity index (χ0n) is 8.06. The molecule has 0 unspecified atom stereocenters. The molecule has 0 atom stereocenters. The molecule has 0 amide bonds. The van der Waals surface area contributed by atoms with Crippen LogP contribution in [-0.4, -0.2) is 13.7 Å². The Morgan fingerprint density at radius 1 is 1.00 bits per heavy atom. The van der Waals surface area contributed by atoms with Crippen LogP contribution in [0.15, 0.2) is 0 Å². The maximum atomic E-state index is 12.2. The maximum absolute atomic E-state index is 12.2. The Morgan fingerprint density at radius 3 is 1.50 bits per heavy atom. The van der Waals surface area contributed by atoms with Crippen molar-refractivity contribution in [1.29, 1.82) is 0 Å². The van der Waals surface area contributed by atoms with E-state index in [2.05, 4.69) is 13.8 Å². The number of hydrogen-bond donors (Lipinski definition) is 0. The van der Waals surface area contributed by atoms with Gasteiger partial charge in [-0.1, -0.05) is 13.8 Å². The lowest BCUT2D eigenvalue weighted by molar-refractivity contribution is 0.639. The molecule has 0 aliphatic heterocycles. The van der Waals surface area contributed by atoms with E-state index in [4.69, 9.17) is 0 Å². The lowest BCUT2D eigenvalue weighted by Gasteiger charge is -2.19. The van der Waals surface area contributed by atoms with Gasteiger partial charge in [0.15, 0.2) is 0 Å². The highest BCUT2D eigenvalue weighted by Crippen LogP contribution is 2.56. The molecule has 0 heterocycles. The first kappa shape index (κ1) is 8.74. The van der Waals surface area contributed by atoms with Crippen LogP contribution in [0.2, 0.25) is 0 Å². The molecule has 2 fully saturated rings. The fourth-order valence-corrected chi connectivity index (χ4v) is 4.47. The lowest BCUT2D eigenvalue weighted by atomic mass is 10.3. The van der Waals surface area contributed by atoms with Crippen LogP contribution in [0.25, 0.3) is 0 Å². The number of hydrogen-bond acceptors (Lipinski definition) is 1. The molecule has 0 saturated heterocycles. The van der Waals surface area contributed by atoms with Gasteiger partial charge in [0.2, 0.25) is 0 Å². The van der Waals surface area contributed by atoms with Gasteiger partial charge in [0, 0.05) is 20.3 Å². The second-order valence-corrected chi connectivity index (χ2v) is 6.61. The summed E-state index contributed by atoms with van der Waals surface area (Å²) in [5.41, 5.74) is 0. The molecule has 2 heteroatoms. The fraction of sp³-hybridized carbons (Fsp3) is 1.00. The third-order valence-electron chi connectivity index (χ3n) is 3.69. The molecule has 0 aromatic carbocycles. The molecule has 0 bridgehead atoms. The van der Waals surface area contributed by atoms with Gasteiger partial charge in [0.25, 0.3) is 0 Å². The van der Waals surface area contributed by atoms with Crippen molar-refractivity contribution in [3.63, 3.8) is 0 Å². The summed E-state index contributed by atoms with van der Waals surface area (Å²) in [5.74, 6) is 0. The molecular weight excluding hydrogens is 168 g/mol. The predicted molar refractivity (Wildman–Crippen MR) is 52.7 cm³/mol. The van der Waals surface area contributed by atoms with Crippen LogP contribution in [-0.2, 0) is 10.8 Å². The largest absolute Gasteiger partial charge is 0.258 e. The van der Waals surface area contributed by atoms with Gasteiger partial charge < -0.3 is 0 Å². The molecule has 2 aliphatic carbocycles. The Balaban J connectivity index is 2.10. The molecule has 2 saturated carbocycles. The normalized spacial score (nSPS) is 28.9. The van der Waals surface area contributed by atoms with Gasteiger partial charge in [-0.3, -0.25) is 4.21 Å². The van der Waals surface area contributed by atoms with Gasteiger partial charge in [-0.05, 0) is 38.5 Å². The molecule has 0 N–H and O–H groups in total. The molecule has 2 aliphatic rings. The minimum Gasteiger partial charge on any atom is -0.258 e. The first-order chi connectivity index (χ1) is 5.69. The smallest absolute Gasteiger partial charge is 0.0463 e. The Labute approximate surface area is 77.4 Å². The molecule has 0 aromatic heterocycles. The van der Waals surface area contributed by atoms with Crippen molar-refractivity contribution in [2.45, 2.75) is 61.9 Å². The summed E-state index contributed by atoms with van der Waals surface area (Å²) >= 11 is 0. The van der Waals surface area contributed by atoms with E-state index in [1.165, 1.54) is 25.7 Å². The summed E-state index contributed by atoms with van der Waals surface area (Å²) in [7, 11) is -0.519. The SMILES string of the molecule is CCC1(S(=O)C2(CC)CC2)CC1. The van der Waals surface area contributed by atoms with Crippen LogP contribution in [0, 0.1) is 0 Å². The molecule has 1 nitrogen and oxygen atoms in total. The van der Waals surface area contributed by atoms with Gasteiger partial charge >= 0.3 is 0 Å². The molecule has 70 valence electrons. The highest BCUT2D eigenvalue weighted by Gasteiger charge is 2.58. The minimum atomic E-state index is -0.519. The summed E-state index contributed by atoms with van der Waals surface area (Å²) in [6.07, 6.45) is 7.13. The molecular formula is C10H18OS. The highest BCUT2D eigenvalue weighted by atomic mass is 32.2. The van der Waals surface area contributed by atoms with Gasteiger partial charge in [-0.25, -0.2) is 0 Å². The zero-order valence-corrected chi connectivity index (χ0v) is 8.88. The Kier molecular flexibility index (Phi) is 1.87. The van der Waals surface area contributed by atoms with Crippen molar-refractivity contribution in [3.05, 3.63) is 0 Å². The lowest BCUT2D eigenvalue weighted by Crippen LogP contribution is -2.28. The molecule has 0 spiro atoms. The molecule has 0 radical (unpaired) electrons. The Bertz CT molecular complexity index is 192. The van der Waals surface area contributed by atoms with Crippen molar-refractivity contribution in [2.75, 3.05) is 0 Å². The zero-order chi connectivity index (χ0) is 8.82. The summed E-state index contributed by atoms with van der Waals surface area (Å²) in [6.45, 7) is 4.38. The van der Waals surface area contributed by atoms with Crippen molar-refractivity contribution in [2.24, 2.45) is 0 Å². The predicted octanol–water partition coefficient (Wildman–Crippen LogP) is 2.62. The van der Waals surface area contributed by atoms with Crippen LogP contribution < -0.4 is 0 Å². The Morgan fingerprint density at radius 2 is 1.33 bits per heavy atom. The molecule has 12 heavy (non-hydrogen) atoms. The van der Waals surface area contributed by atoms with Gasteiger partial charge in [-0.15, -0.1) is 0 Å². The van der Waals surface area contributed by atoms with Crippen molar-refractivity contribution in [1.82, 2.24) is 0 Å². The van der Waals surface area contributed by atoms with Gasteiger partial charge in [0.05, 0.1) is 0 Å². The first-order valence-electron chi connectivity index (χ1n) is 5.11. The van der Waals surface area contributed by atoms with Crippen molar-refractivity contribution in [3.8, 4) is 0 Å². The summed E-state index contributed by atoms with van der Waals surface area (Å²) in [5, 5.41) is 0. The van der Waals surface area contributed by atoms with E-state index >= 15 is 0 Å². The average Bonchev–Trinajstić information content (AvgIpc) is 3.00. The molecule has 0 aromatic rings. The topological polar surface area (TPSA) is 17.1 Å². The third kappa shape index (κ3) is 1.07. The van der Waals surface area contributed by atoms with E-state index in [-0.39, 0.29) is 9.49 Å². The maximum Gasteiger partial charge on any atom is 0.0463 e. The van der Waals surface area contributed by atoms with Crippen LogP contribution in [0.3, 0.4) is 0 Å². The van der Waals surface area contributed by atoms with Gasteiger partial charge in [0.1, 0.15) is 0 Å². The third-order valence-corrected chi connectivity index (χ3v) is 6.66. The minimum absolute atomic E-state index is 0.270. The van der Waals surface area contributed by atoms with Gasteiger partial charge in [-0.2, -0.15) is 0 Å². The second-order valence-electron chi connectivity index (χ2n) is 4.34. The van der Waals surface area contributed by atoms with E-state index in [1.54, 1.807) is 0 Å². The standard InChI is InChI=1S/C10H18OS/c1-3-9(5-6-9)12(11)10(4-2)7-8-10/h3-8H2,1-2H3. The van der Waals surface area contributed by atoms with E-state index < -0.39 is 10.8 Å². The van der Waals surface area contributed by atoms with Crippen LogP contribution in [0.4, 0.5) is 0 Å². The summed E-state index contributed by atoms with van der Waals surface area (Å²) in [4.78, 5) is 0. The average molecular weight is 186 g/mol. The highest BCUT2D eigenvalue weighted by molar-refractivity contribution is 7.88. The summed E-state index contributed by atoms with van der Waals surface area (Å²) in [6, 6.07) is 0. The van der Waals surface area contributed by atoms with Crippen LogP contribution >= 0.6 is 0 Å². The van der Waals surface area contributed by atoms with Crippen molar-refractivity contribution < 1.29 is 4.21 Å². The summed E-state index contributed by atoms with van der Waals surface area (Å²) < 4.78 is 12.7. The monoisotopic (exact) mass is 186 g/mol. The fourth-order valence-electron chi connectivity index (χ4n) is 2.08. The van der Waals surface area contributed by atoms with E-state index in [9.17, 15) is 4.21 Å². The first-order valence-corrected chi connectivity index (χ1v) is 6.26. The second kappa shape index (κ2) is 2.57. The number of rotatable bonds is 4. The molecule has 2 rings (SSSR count). The van der Waals surface area contributed by atoms with E-state index in [0.29, 0.717) is 0 Å². The Hall–Kier alpha value is 0.150. The van der Waals surface area contributed by atoms with Crippen LogP contribution in [0.1, 0.15) is 52.4 Å². The van der Waals surface area contributed by atoms with E-state index in [1.807, 2.05) is 0 Å².